The highest BCUT2D eigenvalue weighted by Gasteiger charge is 2.50. The smallest absolute Gasteiger partial charge is 0.255 e. The molecule has 1 amide bonds. The van der Waals surface area contributed by atoms with E-state index >= 15 is 0 Å². The van der Waals surface area contributed by atoms with Crippen molar-refractivity contribution in [1.82, 2.24) is 9.88 Å². The second kappa shape index (κ2) is 4.80. The highest BCUT2D eigenvalue weighted by Crippen LogP contribution is 2.46. The van der Waals surface area contributed by atoms with E-state index in [2.05, 4.69) is 4.98 Å². The Morgan fingerprint density at radius 3 is 2.95 bits per heavy atom. The molecular formula is C14H18N2O2S. The number of methoxy groups -OCH3 is 1. The molecule has 3 rings (SSSR count). The first kappa shape index (κ1) is 12.9. The summed E-state index contributed by atoms with van der Waals surface area (Å²) in [5.41, 5.74) is 1.72. The molecule has 2 aliphatic heterocycles. The van der Waals surface area contributed by atoms with Crippen LogP contribution in [0.3, 0.4) is 0 Å². The van der Waals surface area contributed by atoms with E-state index in [1.54, 1.807) is 19.5 Å². The lowest BCUT2D eigenvalue weighted by atomic mass is 9.92. The zero-order chi connectivity index (χ0) is 13.5. The van der Waals surface area contributed by atoms with Gasteiger partial charge in [0.05, 0.1) is 16.4 Å². The van der Waals surface area contributed by atoms with Gasteiger partial charge in [0.15, 0.2) is 0 Å². The molecule has 0 radical (unpaired) electrons. The molecule has 1 atom stereocenters. The van der Waals surface area contributed by atoms with Crippen LogP contribution in [-0.2, 0) is 4.74 Å². The van der Waals surface area contributed by atoms with Crippen LogP contribution >= 0.6 is 11.8 Å². The van der Waals surface area contributed by atoms with E-state index in [0.717, 1.165) is 30.8 Å². The highest BCUT2D eigenvalue weighted by molar-refractivity contribution is 8.01. The molecule has 19 heavy (non-hydrogen) atoms. The van der Waals surface area contributed by atoms with Gasteiger partial charge in [-0.05, 0) is 25.0 Å². The average Bonchev–Trinajstić information content (AvgIpc) is 2.80. The van der Waals surface area contributed by atoms with Gasteiger partial charge in [0, 0.05) is 38.3 Å². The zero-order valence-corrected chi connectivity index (χ0v) is 12.1. The van der Waals surface area contributed by atoms with E-state index in [1.807, 2.05) is 29.7 Å². The van der Waals surface area contributed by atoms with Gasteiger partial charge < -0.3 is 9.64 Å². The molecular weight excluding hydrogens is 260 g/mol. The van der Waals surface area contributed by atoms with Crippen LogP contribution in [0.5, 0.6) is 0 Å². The fraction of sp³-hybridized carbons (Fsp3) is 0.571. The van der Waals surface area contributed by atoms with Crippen molar-refractivity contribution in [2.45, 2.75) is 24.2 Å². The highest BCUT2D eigenvalue weighted by atomic mass is 32.2. The van der Waals surface area contributed by atoms with Crippen molar-refractivity contribution in [3.05, 3.63) is 29.6 Å². The Kier molecular flexibility index (Phi) is 3.27. The SMILES string of the molecule is CO[C@@H]1CSC2(C1)CN(C(=O)c1cncc(C)c1)C2. The lowest BCUT2D eigenvalue weighted by molar-refractivity contribution is 0.0451. The summed E-state index contributed by atoms with van der Waals surface area (Å²) < 4.78 is 5.65. The fourth-order valence-electron chi connectivity index (χ4n) is 2.82. The van der Waals surface area contributed by atoms with Crippen LogP contribution in [0.2, 0.25) is 0 Å². The third kappa shape index (κ3) is 2.37. The third-order valence-electron chi connectivity index (χ3n) is 3.88. The third-order valence-corrected chi connectivity index (χ3v) is 5.45. The summed E-state index contributed by atoms with van der Waals surface area (Å²) in [6.07, 6.45) is 4.83. The lowest BCUT2D eigenvalue weighted by Gasteiger charge is -2.47. The number of aromatic nitrogens is 1. The summed E-state index contributed by atoms with van der Waals surface area (Å²) in [6, 6.07) is 1.90. The summed E-state index contributed by atoms with van der Waals surface area (Å²) in [6.45, 7) is 3.63. The average molecular weight is 278 g/mol. The lowest BCUT2D eigenvalue weighted by Crippen LogP contribution is -2.60. The number of aryl methyl sites for hydroxylation is 1. The molecule has 1 aromatic heterocycles. The molecule has 0 bridgehead atoms. The van der Waals surface area contributed by atoms with Crippen molar-refractivity contribution in [2.24, 2.45) is 0 Å². The number of rotatable bonds is 2. The minimum absolute atomic E-state index is 0.100. The number of amides is 1. The minimum atomic E-state index is 0.100. The van der Waals surface area contributed by atoms with Crippen LogP contribution in [0.15, 0.2) is 18.5 Å². The van der Waals surface area contributed by atoms with Gasteiger partial charge in [-0.15, -0.1) is 11.8 Å². The Hall–Kier alpha value is -1.07. The molecule has 0 aromatic carbocycles. The van der Waals surface area contributed by atoms with Gasteiger partial charge in [-0.3, -0.25) is 9.78 Å². The normalized spacial score (nSPS) is 24.5. The Morgan fingerprint density at radius 2 is 2.32 bits per heavy atom. The van der Waals surface area contributed by atoms with Gasteiger partial charge in [-0.25, -0.2) is 0 Å². The molecule has 0 aliphatic carbocycles. The molecule has 2 aliphatic rings. The Labute approximate surface area is 117 Å². The number of carbonyl (C=O) groups is 1. The van der Waals surface area contributed by atoms with Gasteiger partial charge in [0.1, 0.15) is 0 Å². The molecule has 1 spiro atoms. The number of ether oxygens (including phenoxy) is 1. The number of hydrogen-bond acceptors (Lipinski definition) is 4. The van der Waals surface area contributed by atoms with E-state index in [1.165, 1.54) is 0 Å². The predicted octanol–water partition coefficient (Wildman–Crippen LogP) is 1.74. The maximum absolute atomic E-state index is 12.3. The van der Waals surface area contributed by atoms with Crippen LogP contribution in [0.25, 0.3) is 0 Å². The number of likely N-dealkylation sites (tertiary alicyclic amines) is 1. The van der Waals surface area contributed by atoms with Crippen LogP contribution in [0, 0.1) is 6.92 Å². The molecule has 2 fully saturated rings. The molecule has 0 saturated carbocycles. The minimum Gasteiger partial charge on any atom is -0.381 e. The van der Waals surface area contributed by atoms with E-state index in [4.69, 9.17) is 4.74 Å². The van der Waals surface area contributed by atoms with Crippen molar-refractivity contribution in [3.8, 4) is 0 Å². The van der Waals surface area contributed by atoms with Gasteiger partial charge in [-0.1, -0.05) is 0 Å². The Balaban J connectivity index is 1.63. The summed E-state index contributed by atoms with van der Waals surface area (Å²) in [5.74, 6) is 1.15. The molecule has 1 aromatic rings. The predicted molar refractivity (Wildman–Crippen MR) is 75.5 cm³/mol. The Bertz CT molecular complexity index is 500. The van der Waals surface area contributed by atoms with E-state index in [0.29, 0.717) is 11.7 Å². The second-order valence-corrected chi connectivity index (χ2v) is 6.96. The number of nitrogens with zero attached hydrogens (tertiary/aromatic N) is 2. The van der Waals surface area contributed by atoms with Crippen LogP contribution in [0.1, 0.15) is 22.3 Å². The maximum Gasteiger partial charge on any atom is 0.255 e. The quantitative estimate of drug-likeness (QED) is 0.826. The first-order valence-electron chi connectivity index (χ1n) is 6.50. The fourth-order valence-corrected chi connectivity index (χ4v) is 4.41. The molecule has 2 saturated heterocycles. The topological polar surface area (TPSA) is 42.4 Å². The van der Waals surface area contributed by atoms with Gasteiger partial charge in [0.25, 0.3) is 5.91 Å². The number of thioether (sulfide) groups is 1. The summed E-state index contributed by atoms with van der Waals surface area (Å²) in [4.78, 5) is 18.3. The molecule has 102 valence electrons. The molecule has 0 unspecified atom stereocenters. The van der Waals surface area contributed by atoms with Gasteiger partial charge in [0.2, 0.25) is 0 Å². The number of carbonyl (C=O) groups excluding carboxylic acids is 1. The first-order valence-corrected chi connectivity index (χ1v) is 7.48. The van der Waals surface area contributed by atoms with E-state index in [-0.39, 0.29) is 10.7 Å². The van der Waals surface area contributed by atoms with E-state index in [9.17, 15) is 4.79 Å². The summed E-state index contributed by atoms with van der Waals surface area (Å²) in [7, 11) is 1.77. The van der Waals surface area contributed by atoms with Crippen molar-refractivity contribution in [1.29, 1.82) is 0 Å². The standard InChI is InChI=1S/C14H18N2O2S/c1-10-3-11(6-15-5-10)13(17)16-8-14(9-16)4-12(18-2)7-19-14/h3,5-6,12H,4,7-9H2,1-2H3/t12-/m0/s1. The second-order valence-electron chi connectivity index (χ2n) is 5.47. The largest absolute Gasteiger partial charge is 0.381 e. The van der Waals surface area contributed by atoms with E-state index < -0.39 is 0 Å². The first-order chi connectivity index (χ1) is 9.12. The van der Waals surface area contributed by atoms with Gasteiger partial charge >= 0.3 is 0 Å². The monoisotopic (exact) mass is 278 g/mol. The number of pyridine rings is 1. The van der Waals surface area contributed by atoms with Gasteiger partial charge in [-0.2, -0.15) is 0 Å². The van der Waals surface area contributed by atoms with Crippen LogP contribution < -0.4 is 0 Å². The van der Waals surface area contributed by atoms with Crippen molar-refractivity contribution in [2.75, 3.05) is 26.0 Å². The zero-order valence-electron chi connectivity index (χ0n) is 11.3. The summed E-state index contributed by atoms with van der Waals surface area (Å²) >= 11 is 1.95. The maximum atomic E-state index is 12.3. The number of hydrogen-bond donors (Lipinski definition) is 0. The molecule has 3 heterocycles. The summed E-state index contributed by atoms with van der Waals surface area (Å²) in [5, 5.41) is 0. The van der Waals surface area contributed by atoms with Crippen molar-refractivity contribution < 1.29 is 9.53 Å². The molecule has 4 nitrogen and oxygen atoms in total. The molecule has 0 N–H and O–H groups in total. The Morgan fingerprint density at radius 1 is 1.53 bits per heavy atom. The van der Waals surface area contributed by atoms with Crippen LogP contribution in [0.4, 0.5) is 0 Å². The van der Waals surface area contributed by atoms with Crippen molar-refractivity contribution >= 4 is 17.7 Å². The van der Waals surface area contributed by atoms with Crippen molar-refractivity contribution in [3.63, 3.8) is 0 Å². The van der Waals surface area contributed by atoms with Crippen LogP contribution in [-0.4, -0.2) is 52.6 Å². The molecule has 5 heteroatoms.